The summed E-state index contributed by atoms with van der Waals surface area (Å²) in [6.07, 6.45) is 2.42. The van der Waals surface area contributed by atoms with Crippen molar-refractivity contribution in [2.45, 2.75) is 18.9 Å². The lowest BCUT2D eigenvalue weighted by molar-refractivity contribution is -0.151. The molecule has 1 aromatic carbocycles. The van der Waals surface area contributed by atoms with Crippen LogP contribution in [0.2, 0.25) is 0 Å². The minimum atomic E-state index is -0.951. The second-order valence-corrected chi connectivity index (χ2v) is 5.84. The van der Waals surface area contributed by atoms with E-state index in [-0.39, 0.29) is 6.61 Å². The third-order valence-corrected chi connectivity index (χ3v) is 4.26. The first-order chi connectivity index (χ1) is 12.1. The number of ether oxygens (including phenoxy) is 2. The third kappa shape index (κ3) is 2.39. The van der Waals surface area contributed by atoms with Crippen molar-refractivity contribution in [3.8, 4) is 5.75 Å². The van der Waals surface area contributed by atoms with E-state index >= 15 is 0 Å². The first kappa shape index (κ1) is 15.4. The Morgan fingerprint density at radius 2 is 2.16 bits per heavy atom. The molecule has 0 bridgehead atoms. The number of rotatable bonds is 3. The van der Waals surface area contributed by atoms with E-state index < -0.39 is 23.6 Å². The molecule has 0 saturated heterocycles. The molecule has 7 nitrogen and oxygen atoms in total. The first-order valence-electron chi connectivity index (χ1n) is 7.97. The fraction of sp³-hybridized carbons (Fsp3) is 0.278. The highest BCUT2D eigenvalue weighted by Crippen LogP contribution is 2.44. The fourth-order valence-corrected chi connectivity index (χ4v) is 3.23. The number of benzene rings is 1. The lowest BCUT2D eigenvalue weighted by Crippen LogP contribution is -2.32. The molecule has 1 aliphatic rings. The van der Waals surface area contributed by atoms with Crippen molar-refractivity contribution >= 4 is 16.9 Å². The standard InChI is InChI=1S/C18H16N2O5/c1-3-23-18(22)16-13(10-8-19-20(2)9-10)14-15(25-16)11-6-4-5-7-12(11)24-17(14)21/h4-9,13,16H,3H2,1-2H3/t13-,16+/m1/s1. The average molecular weight is 340 g/mol. The van der Waals surface area contributed by atoms with Gasteiger partial charge in [0.05, 0.1) is 29.7 Å². The van der Waals surface area contributed by atoms with E-state index in [4.69, 9.17) is 13.9 Å². The van der Waals surface area contributed by atoms with Crippen LogP contribution in [-0.4, -0.2) is 28.5 Å². The molecular formula is C18H16N2O5. The Labute approximate surface area is 142 Å². The minimum Gasteiger partial charge on any atom is -0.476 e. The number of hydrogen-bond donors (Lipinski definition) is 0. The number of aromatic nitrogens is 2. The van der Waals surface area contributed by atoms with E-state index in [9.17, 15) is 9.59 Å². The van der Waals surface area contributed by atoms with Crippen molar-refractivity contribution in [1.29, 1.82) is 0 Å². The van der Waals surface area contributed by atoms with E-state index in [1.54, 1.807) is 49.2 Å². The molecule has 2 atom stereocenters. The van der Waals surface area contributed by atoms with Gasteiger partial charge >= 0.3 is 11.6 Å². The molecule has 0 aliphatic carbocycles. The van der Waals surface area contributed by atoms with Crippen LogP contribution in [0.1, 0.15) is 24.0 Å². The van der Waals surface area contributed by atoms with Gasteiger partial charge in [0.1, 0.15) is 11.3 Å². The molecule has 0 unspecified atom stereocenters. The average Bonchev–Trinajstić information content (AvgIpc) is 3.19. The molecule has 3 aromatic rings. The number of hydrogen-bond acceptors (Lipinski definition) is 6. The van der Waals surface area contributed by atoms with Crippen molar-refractivity contribution in [2.75, 3.05) is 6.61 Å². The fourth-order valence-electron chi connectivity index (χ4n) is 3.23. The molecule has 3 heterocycles. The van der Waals surface area contributed by atoms with E-state index in [2.05, 4.69) is 5.10 Å². The Balaban J connectivity index is 1.95. The van der Waals surface area contributed by atoms with Gasteiger partial charge in [-0.15, -0.1) is 0 Å². The zero-order valence-electron chi connectivity index (χ0n) is 13.8. The molecule has 0 fully saturated rings. The molecule has 0 N–H and O–H groups in total. The third-order valence-electron chi connectivity index (χ3n) is 4.26. The van der Waals surface area contributed by atoms with Crippen LogP contribution in [0.4, 0.5) is 0 Å². The van der Waals surface area contributed by atoms with Gasteiger partial charge < -0.3 is 13.9 Å². The smallest absolute Gasteiger partial charge is 0.348 e. The van der Waals surface area contributed by atoms with Crippen LogP contribution in [0.25, 0.3) is 11.0 Å². The topological polar surface area (TPSA) is 83.6 Å². The van der Waals surface area contributed by atoms with Gasteiger partial charge in [-0.05, 0) is 19.1 Å². The highest BCUT2D eigenvalue weighted by Gasteiger charge is 2.45. The summed E-state index contributed by atoms with van der Waals surface area (Å²) in [4.78, 5) is 25.1. The lowest BCUT2D eigenvalue weighted by atomic mass is 9.90. The molecule has 0 saturated carbocycles. The van der Waals surface area contributed by atoms with Crippen LogP contribution in [0.5, 0.6) is 5.75 Å². The van der Waals surface area contributed by atoms with Crippen LogP contribution in [0.3, 0.4) is 0 Å². The van der Waals surface area contributed by atoms with E-state index in [0.717, 1.165) is 0 Å². The number of carbonyl (C=O) groups excluding carboxylic acids is 1. The molecule has 7 heteroatoms. The first-order valence-corrected chi connectivity index (χ1v) is 7.97. The van der Waals surface area contributed by atoms with Gasteiger partial charge in [-0.2, -0.15) is 5.10 Å². The SMILES string of the molecule is CCOC(=O)[C@H]1Oc2c(c(=O)oc3ccccc23)[C@H]1c1cnn(C)c1. The Morgan fingerprint density at radius 1 is 1.36 bits per heavy atom. The number of nitrogens with zero attached hydrogens (tertiary/aromatic N) is 2. The molecular weight excluding hydrogens is 324 g/mol. The summed E-state index contributed by atoms with van der Waals surface area (Å²) in [7, 11) is 1.77. The Morgan fingerprint density at radius 3 is 2.88 bits per heavy atom. The summed E-state index contributed by atoms with van der Waals surface area (Å²) in [6.45, 7) is 1.95. The quantitative estimate of drug-likeness (QED) is 0.535. The van der Waals surface area contributed by atoms with Gasteiger partial charge in [-0.25, -0.2) is 9.59 Å². The zero-order valence-corrected chi connectivity index (χ0v) is 13.8. The van der Waals surface area contributed by atoms with Crippen LogP contribution in [0, 0.1) is 0 Å². The maximum atomic E-state index is 12.6. The maximum absolute atomic E-state index is 12.6. The monoisotopic (exact) mass is 340 g/mol. The van der Waals surface area contributed by atoms with Crippen molar-refractivity contribution < 1.29 is 18.7 Å². The van der Waals surface area contributed by atoms with Gasteiger partial charge in [0.15, 0.2) is 0 Å². The Bertz CT molecular complexity index is 1020. The van der Waals surface area contributed by atoms with Gasteiger partial charge in [-0.1, -0.05) is 12.1 Å². The van der Waals surface area contributed by atoms with Gasteiger partial charge in [-0.3, -0.25) is 4.68 Å². The molecule has 0 amide bonds. The van der Waals surface area contributed by atoms with Crippen molar-refractivity contribution in [2.24, 2.45) is 7.05 Å². The predicted molar refractivity (Wildman–Crippen MR) is 88.6 cm³/mol. The van der Waals surface area contributed by atoms with Crippen molar-refractivity contribution in [1.82, 2.24) is 9.78 Å². The number of aryl methyl sites for hydroxylation is 1. The molecule has 4 rings (SSSR count). The number of para-hydroxylation sites is 1. The highest BCUT2D eigenvalue weighted by molar-refractivity contribution is 5.88. The Hall–Kier alpha value is -3.09. The van der Waals surface area contributed by atoms with Crippen LogP contribution in [-0.2, 0) is 16.6 Å². The zero-order chi connectivity index (χ0) is 17.6. The molecule has 2 aromatic heterocycles. The molecule has 0 radical (unpaired) electrons. The summed E-state index contributed by atoms with van der Waals surface area (Å²) < 4.78 is 18.1. The van der Waals surface area contributed by atoms with Gasteiger partial charge in [0.2, 0.25) is 6.10 Å². The Kier molecular flexibility index (Phi) is 3.56. The summed E-state index contributed by atoms with van der Waals surface area (Å²) in [6, 6.07) is 7.08. The van der Waals surface area contributed by atoms with Crippen molar-refractivity contribution in [3.63, 3.8) is 0 Å². The number of esters is 1. The van der Waals surface area contributed by atoms with E-state index in [0.29, 0.717) is 27.8 Å². The second-order valence-electron chi connectivity index (χ2n) is 5.84. The van der Waals surface area contributed by atoms with E-state index in [1.807, 2.05) is 6.07 Å². The summed E-state index contributed by atoms with van der Waals surface area (Å²) in [5.41, 5.74) is 0.918. The van der Waals surface area contributed by atoms with Crippen LogP contribution < -0.4 is 10.4 Å². The summed E-state index contributed by atoms with van der Waals surface area (Å²) >= 11 is 0. The van der Waals surface area contributed by atoms with Crippen LogP contribution in [0.15, 0.2) is 45.9 Å². The predicted octanol–water partition coefficient (Wildman–Crippen LogP) is 1.98. The molecule has 25 heavy (non-hydrogen) atoms. The van der Waals surface area contributed by atoms with E-state index in [1.165, 1.54) is 0 Å². The van der Waals surface area contributed by atoms with Crippen molar-refractivity contribution in [3.05, 3.63) is 58.2 Å². The molecule has 1 aliphatic heterocycles. The normalized spacial score (nSPS) is 18.8. The highest BCUT2D eigenvalue weighted by atomic mass is 16.6. The largest absolute Gasteiger partial charge is 0.476 e. The van der Waals surface area contributed by atoms with Gasteiger partial charge in [0, 0.05) is 18.8 Å². The minimum absolute atomic E-state index is 0.226. The molecule has 128 valence electrons. The number of fused-ring (bicyclic) bond motifs is 3. The second kappa shape index (κ2) is 5.77. The summed E-state index contributed by atoms with van der Waals surface area (Å²) in [5.74, 6) is -0.765. The lowest BCUT2D eigenvalue weighted by Gasteiger charge is -2.15. The maximum Gasteiger partial charge on any atom is 0.348 e. The van der Waals surface area contributed by atoms with Gasteiger partial charge in [0.25, 0.3) is 0 Å². The number of carbonyl (C=O) groups is 1. The molecule has 0 spiro atoms. The summed E-state index contributed by atoms with van der Waals surface area (Å²) in [5, 5.41) is 4.79. The van der Waals surface area contributed by atoms with Crippen LogP contribution >= 0.6 is 0 Å².